The zero-order valence-corrected chi connectivity index (χ0v) is 16.8. The van der Waals surface area contributed by atoms with Crippen molar-refractivity contribution in [1.82, 2.24) is 30.6 Å². The third-order valence-corrected chi connectivity index (χ3v) is 5.13. The minimum Gasteiger partial charge on any atom is -0.353 e. The summed E-state index contributed by atoms with van der Waals surface area (Å²) in [5.41, 5.74) is 8.02. The van der Waals surface area contributed by atoms with Crippen LogP contribution < -0.4 is 16.2 Å². The highest BCUT2D eigenvalue weighted by molar-refractivity contribution is 5.42. The number of alkyl halides is 3. The van der Waals surface area contributed by atoms with E-state index in [2.05, 4.69) is 31.2 Å². The predicted molar refractivity (Wildman–Crippen MR) is 106 cm³/mol. The zero-order valence-electron chi connectivity index (χ0n) is 16.8. The standard InChI is InChI=1S/C20H21F4N7/c1-11-7-12(2)31(30-11)17-8-16(25-10-26-17)27-19-15(9-20(22,23)24)18(28-29-19)13-3-5-14(21)6-4-13/h3-8,10,15,18-19,28-29H,9H2,1-2H3,(H,25,26,27). The van der Waals surface area contributed by atoms with Crippen molar-refractivity contribution < 1.29 is 17.6 Å². The first-order valence-electron chi connectivity index (χ1n) is 9.65. The first-order valence-corrected chi connectivity index (χ1v) is 9.65. The number of halogens is 4. The Bertz CT molecular complexity index is 1050. The summed E-state index contributed by atoms with van der Waals surface area (Å²) in [5.74, 6) is -0.507. The molecular formula is C20H21F4N7. The van der Waals surface area contributed by atoms with E-state index >= 15 is 0 Å². The van der Waals surface area contributed by atoms with Gasteiger partial charge in [0.2, 0.25) is 0 Å². The van der Waals surface area contributed by atoms with Crippen molar-refractivity contribution in [2.75, 3.05) is 5.32 Å². The van der Waals surface area contributed by atoms with Crippen LogP contribution in [0.25, 0.3) is 5.82 Å². The molecule has 11 heteroatoms. The first-order chi connectivity index (χ1) is 14.7. The Morgan fingerprint density at radius 2 is 1.81 bits per heavy atom. The number of hydrogen-bond acceptors (Lipinski definition) is 6. The van der Waals surface area contributed by atoms with Crippen molar-refractivity contribution >= 4 is 5.82 Å². The molecule has 0 radical (unpaired) electrons. The van der Waals surface area contributed by atoms with Crippen LogP contribution in [0.15, 0.2) is 42.7 Å². The van der Waals surface area contributed by atoms with Gasteiger partial charge >= 0.3 is 6.18 Å². The lowest BCUT2D eigenvalue weighted by Crippen LogP contribution is -2.39. The summed E-state index contributed by atoms with van der Waals surface area (Å²) in [7, 11) is 0. The Morgan fingerprint density at radius 1 is 1.06 bits per heavy atom. The van der Waals surface area contributed by atoms with E-state index in [1.165, 1.54) is 30.6 Å². The van der Waals surface area contributed by atoms with Crippen LogP contribution in [0.3, 0.4) is 0 Å². The van der Waals surface area contributed by atoms with Crippen LogP contribution in [0.4, 0.5) is 23.4 Å². The van der Waals surface area contributed by atoms with Gasteiger partial charge in [-0.15, -0.1) is 0 Å². The lowest BCUT2D eigenvalue weighted by molar-refractivity contribution is -0.145. The highest BCUT2D eigenvalue weighted by atomic mass is 19.4. The fourth-order valence-corrected chi connectivity index (χ4v) is 3.79. The second-order valence-corrected chi connectivity index (χ2v) is 7.52. The first kappa shape index (κ1) is 21.2. The Kier molecular flexibility index (Phi) is 5.63. The Labute approximate surface area is 175 Å². The van der Waals surface area contributed by atoms with E-state index in [4.69, 9.17) is 0 Å². The van der Waals surface area contributed by atoms with Crippen LogP contribution in [-0.2, 0) is 0 Å². The Hall–Kier alpha value is -3.05. The summed E-state index contributed by atoms with van der Waals surface area (Å²) in [4.78, 5) is 8.35. The molecule has 3 unspecified atom stereocenters. The predicted octanol–water partition coefficient (Wildman–Crippen LogP) is 3.57. The number of benzene rings is 1. The molecule has 31 heavy (non-hydrogen) atoms. The number of nitrogens with one attached hydrogen (secondary N) is 3. The van der Waals surface area contributed by atoms with E-state index in [1.54, 1.807) is 10.7 Å². The third-order valence-electron chi connectivity index (χ3n) is 5.13. The molecule has 3 heterocycles. The Morgan fingerprint density at radius 3 is 2.45 bits per heavy atom. The smallest absolute Gasteiger partial charge is 0.353 e. The maximum absolute atomic E-state index is 13.3. The third kappa shape index (κ3) is 4.83. The van der Waals surface area contributed by atoms with Gasteiger partial charge < -0.3 is 5.32 Å². The maximum atomic E-state index is 13.3. The second kappa shape index (κ2) is 8.23. The normalized spacial score (nSPS) is 21.4. The van der Waals surface area contributed by atoms with Gasteiger partial charge in [0, 0.05) is 17.7 Å². The van der Waals surface area contributed by atoms with Crippen molar-refractivity contribution in [2.24, 2.45) is 5.92 Å². The SMILES string of the molecule is Cc1cc(C)n(-c2cc(NC3NNC(c4ccc(F)cc4)C3CC(F)(F)F)ncn2)n1. The number of nitrogens with zero attached hydrogens (tertiary/aromatic N) is 4. The molecule has 0 saturated carbocycles. The number of hydrazine groups is 1. The van der Waals surface area contributed by atoms with Crippen LogP contribution >= 0.6 is 0 Å². The molecule has 1 aliphatic heterocycles. The van der Waals surface area contributed by atoms with Gasteiger partial charge in [-0.3, -0.25) is 0 Å². The second-order valence-electron chi connectivity index (χ2n) is 7.52. The van der Waals surface area contributed by atoms with Crippen molar-refractivity contribution in [3.63, 3.8) is 0 Å². The molecule has 0 bridgehead atoms. The van der Waals surface area contributed by atoms with E-state index < -0.39 is 36.5 Å². The molecule has 3 atom stereocenters. The van der Waals surface area contributed by atoms with Crippen molar-refractivity contribution in [3.05, 3.63) is 65.5 Å². The van der Waals surface area contributed by atoms with Crippen LogP contribution in [-0.4, -0.2) is 32.1 Å². The molecule has 3 N–H and O–H groups in total. The molecule has 7 nitrogen and oxygen atoms in total. The van der Waals surface area contributed by atoms with Gasteiger partial charge in [0.15, 0.2) is 5.82 Å². The van der Waals surface area contributed by atoms with E-state index in [0.29, 0.717) is 17.2 Å². The summed E-state index contributed by atoms with van der Waals surface area (Å²) < 4.78 is 54.9. The zero-order chi connectivity index (χ0) is 22.2. The number of aromatic nitrogens is 4. The molecule has 1 fully saturated rings. The van der Waals surface area contributed by atoms with Crippen LogP contribution in [0.1, 0.15) is 29.4 Å². The van der Waals surface area contributed by atoms with Crippen molar-refractivity contribution in [2.45, 2.75) is 38.7 Å². The minimum absolute atomic E-state index is 0.351. The number of rotatable bonds is 5. The average molecular weight is 435 g/mol. The topological polar surface area (TPSA) is 79.7 Å². The van der Waals surface area contributed by atoms with Gasteiger partial charge in [0.05, 0.1) is 24.3 Å². The molecule has 0 aliphatic carbocycles. The lowest BCUT2D eigenvalue weighted by Gasteiger charge is -2.25. The fourth-order valence-electron chi connectivity index (χ4n) is 3.79. The van der Waals surface area contributed by atoms with E-state index in [1.807, 2.05) is 19.9 Å². The molecule has 1 aliphatic rings. The summed E-state index contributed by atoms with van der Waals surface area (Å²) in [6.45, 7) is 3.74. The van der Waals surface area contributed by atoms with Gasteiger partial charge in [-0.25, -0.2) is 29.9 Å². The average Bonchev–Trinajstić information content (AvgIpc) is 3.24. The fraction of sp³-hybridized carbons (Fsp3) is 0.350. The minimum atomic E-state index is -4.38. The molecule has 1 saturated heterocycles. The number of hydrogen-bond donors (Lipinski definition) is 3. The van der Waals surface area contributed by atoms with E-state index in [9.17, 15) is 17.6 Å². The van der Waals surface area contributed by atoms with E-state index in [-0.39, 0.29) is 0 Å². The van der Waals surface area contributed by atoms with Crippen LogP contribution in [0.2, 0.25) is 0 Å². The van der Waals surface area contributed by atoms with Gasteiger partial charge in [0.25, 0.3) is 0 Å². The molecule has 1 aromatic carbocycles. The highest BCUT2D eigenvalue weighted by Crippen LogP contribution is 2.37. The number of aryl methyl sites for hydroxylation is 2. The lowest BCUT2D eigenvalue weighted by atomic mass is 9.89. The van der Waals surface area contributed by atoms with Crippen LogP contribution in [0, 0.1) is 25.6 Å². The van der Waals surface area contributed by atoms with Gasteiger partial charge in [-0.2, -0.15) is 18.3 Å². The molecule has 0 amide bonds. The summed E-state index contributed by atoms with van der Waals surface area (Å²) in [6.07, 6.45) is -4.87. The molecule has 3 aromatic rings. The monoisotopic (exact) mass is 435 g/mol. The van der Waals surface area contributed by atoms with Gasteiger partial charge in [0.1, 0.15) is 18.0 Å². The van der Waals surface area contributed by atoms with E-state index in [0.717, 1.165) is 11.4 Å². The molecule has 4 rings (SSSR count). The summed E-state index contributed by atoms with van der Waals surface area (Å²) >= 11 is 0. The molecular weight excluding hydrogens is 414 g/mol. The van der Waals surface area contributed by atoms with Gasteiger partial charge in [-0.1, -0.05) is 12.1 Å². The van der Waals surface area contributed by atoms with Crippen LogP contribution in [0.5, 0.6) is 0 Å². The molecule has 2 aromatic heterocycles. The summed E-state index contributed by atoms with van der Waals surface area (Å²) in [6, 6.07) is 8.26. The summed E-state index contributed by atoms with van der Waals surface area (Å²) in [5, 5.41) is 7.39. The molecule has 0 spiro atoms. The van der Waals surface area contributed by atoms with Gasteiger partial charge in [-0.05, 0) is 37.6 Å². The largest absolute Gasteiger partial charge is 0.389 e. The maximum Gasteiger partial charge on any atom is 0.389 e. The molecule has 164 valence electrons. The van der Waals surface area contributed by atoms with Crippen molar-refractivity contribution in [1.29, 1.82) is 0 Å². The number of anilines is 1. The quantitative estimate of drug-likeness (QED) is 0.532. The Balaban J connectivity index is 1.59. The highest BCUT2D eigenvalue weighted by Gasteiger charge is 2.44. The van der Waals surface area contributed by atoms with Crippen molar-refractivity contribution in [3.8, 4) is 5.82 Å².